The minimum Gasteiger partial charge on any atom is -0.385 e. The smallest absolute Gasteiger partial charge is 0.282 e. The van der Waals surface area contributed by atoms with Crippen LogP contribution in [0.2, 0.25) is 0 Å². The fourth-order valence-electron chi connectivity index (χ4n) is 3.24. The molecule has 1 aromatic carbocycles. The number of fused-ring (bicyclic) bond motifs is 1. The van der Waals surface area contributed by atoms with Gasteiger partial charge in [0.15, 0.2) is 0 Å². The van der Waals surface area contributed by atoms with E-state index in [1.54, 1.807) is 15.7 Å². The fourth-order valence-corrected chi connectivity index (χ4v) is 5.01. The summed E-state index contributed by atoms with van der Waals surface area (Å²) >= 11 is 0. The predicted molar refractivity (Wildman–Crippen MR) is 87.3 cm³/mol. The molecule has 0 aromatic heterocycles. The number of methoxy groups -OCH3 is 1. The maximum atomic E-state index is 13.1. The van der Waals surface area contributed by atoms with Gasteiger partial charge in [0.2, 0.25) is 0 Å². The SMILES string of the molecule is COCCC1COCCN1S(=O)(=O)N1CCc2ccccc2C1. The van der Waals surface area contributed by atoms with E-state index in [9.17, 15) is 8.42 Å². The summed E-state index contributed by atoms with van der Waals surface area (Å²) in [5, 5.41) is 0. The zero-order valence-electron chi connectivity index (χ0n) is 13.5. The summed E-state index contributed by atoms with van der Waals surface area (Å²) in [5.41, 5.74) is 2.35. The van der Waals surface area contributed by atoms with Crippen LogP contribution in [0.5, 0.6) is 0 Å². The minimum atomic E-state index is -3.48. The fraction of sp³-hybridized carbons (Fsp3) is 0.625. The molecule has 23 heavy (non-hydrogen) atoms. The first-order valence-corrected chi connectivity index (χ1v) is 9.43. The van der Waals surface area contributed by atoms with Crippen LogP contribution >= 0.6 is 0 Å². The highest BCUT2D eigenvalue weighted by Crippen LogP contribution is 2.25. The van der Waals surface area contributed by atoms with Crippen LogP contribution in [-0.4, -0.2) is 63.1 Å². The van der Waals surface area contributed by atoms with Crippen molar-refractivity contribution in [3.8, 4) is 0 Å². The van der Waals surface area contributed by atoms with E-state index >= 15 is 0 Å². The van der Waals surface area contributed by atoms with Crippen molar-refractivity contribution in [2.24, 2.45) is 0 Å². The van der Waals surface area contributed by atoms with Crippen molar-refractivity contribution in [2.45, 2.75) is 25.4 Å². The lowest BCUT2D eigenvalue weighted by molar-refractivity contribution is 0.0175. The highest BCUT2D eigenvalue weighted by Gasteiger charge is 2.37. The molecule has 128 valence electrons. The number of hydrogen-bond donors (Lipinski definition) is 0. The van der Waals surface area contributed by atoms with E-state index in [2.05, 4.69) is 6.07 Å². The lowest BCUT2D eigenvalue weighted by atomic mass is 10.0. The summed E-state index contributed by atoms with van der Waals surface area (Å²) in [6, 6.07) is 7.91. The number of ether oxygens (including phenoxy) is 2. The lowest BCUT2D eigenvalue weighted by Gasteiger charge is -2.39. The van der Waals surface area contributed by atoms with Crippen LogP contribution < -0.4 is 0 Å². The van der Waals surface area contributed by atoms with Gasteiger partial charge in [-0.3, -0.25) is 0 Å². The first-order valence-electron chi connectivity index (χ1n) is 8.03. The van der Waals surface area contributed by atoms with Crippen LogP contribution in [0.4, 0.5) is 0 Å². The molecule has 0 saturated carbocycles. The van der Waals surface area contributed by atoms with Gasteiger partial charge in [-0.2, -0.15) is 17.0 Å². The van der Waals surface area contributed by atoms with Gasteiger partial charge in [-0.25, -0.2) is 0 Å². The van der Waals surface area contributed by atoms with Crippen molar-refractivity contribution in [1.29, 1.82) is 0 Å². The first-order chi connectivity index (χ1) is 11.1. The quantitative estimate of drug-likeness (QED) is 0.803. The minimum absolute atomic E-state index is 0.147. The van der Waals surface area contributed by atoms with Crippen LogP contribution in [0, 0.1) is 0 Å². The average molecular weight is 340 g/mol. The summed E-state index contributed by atoms with van der Waals surface area (Å²) in [6.07, 6.45) is 1.42. The van der Waals surface area contributed by atoms with E-state index in [-0.39, 0.29) is 6.04 Å². The Morgan fingerprint density at radius 2 is 2.04 bits per heavy atom. The number of nitrogens with zero attached hydrogens (tertiary/aromatic N) is 2. The third kappa shape index (κ3) is 3.59. The average Bonchev–Trinajstić information content (AvgIpc) is 2.59. The monoisotopic (exact) mass is 340 g/mol. The number of rotatable bonds is 5. The molecule has 1 aromatic rings. The van der Waals surface area contributed by atoms with Crippen molar-refractivity contribution in [2.75, 3.05) is 40.0 Å². The molecule has 1 fully saturated rings. The maximum Gasteiger partial charge on any atom is 0.282 e. The van der Waals surface area contributed by atoms with Crippen LogP contribution in [0.25, 0.3) is 0 Å². The van der Waals surface area contributed by atoms with E-state index in [1.165, 1.54) is 5.56 Å². The summed E-state index contributed by atoms with van der Waals surface area (Å²) < 4.78 is 39.9. The molecule has 0 spiro atoms. The van der Waals surface area contributed by atoms with Crippen molar-refractivity contribution >= 4 is 10.2 Å². The molecule has 0 aliphatic carbocycles. The zero-order chi connectivity index (χ0) is 16.3. The second kappa shape index (κ2) is 7.27. The van der Waals surface area contributed by atoms with Crippen LogP contribution in [0.1, 0.15) is 17.5 Å². The molecule has 3 rings (SSSR count). The molecule has 1 atom stereocenters. The molecular weight excluding hydrogens is 316 g/mol. The summed E-state index contributed by atoms with van der Waals surface area (Å²) in [5.74, 6) is 0. The van der Waals surface area contributed by atoms with E-state index in [0.717, 1.165) is 12.0 Å². The molecule has 7 heteroatoms. The normalized spacial score (nSPS) is 23.6. The molecule has 1 unspecified atom stereocenters. The third-order valence-corrected chi connectivity index (χ3v) is 6.58. The van der Waals surface area contributed by atoms with E-state index < -0.39 is 10.2 Å². The van der Waals surface area contributed by atoms with Gasteiger partial charge in [-0.05, 0) is 24.0 Å². The van der Waals surface area contributed by atoms with Crippen LogP contribution in [0.3, 0.4) is 0 Å². The molecule has 0 N–H and O–H groups in total. The Morgan fingerprint density at radius 1 is 1.26 bits per heavy atom. The van der Waals surface area contributed by atoms with Gasteiger partial charge in [0.25, 0.3) is 10.2 Å². The van der Waals surface area contributed by atoms with Gasteiger partial charge in [0, 0.05) is 33.4 Å². The van der Waals surface area contributed by atoms with Gasteiger partial charge >= 0.3 is 0 Å². The van der Waals surface area contributed by atoms with E-state index in [0.29, 0.717) is 45.9 Å². The summed E-state index contributed by atoms with van der Waals surface area (Å²) in [6.45, 7) is 2.82. The molecule has 0 amide bonds. The van der Waals surface area contributed by atoms with Crippen molar-refractivity contribution in [3.05, 3.63) is 35.4 Å². The second-order valence-corrected chi connectivity index (χ2v) is 7.86. The van der Waals surface area contributed by atoms with Crippen LogP contribution in [-0.2, 0) is 32.6 Å². The Bertz CT molecular complexity index is 635. The molecular formula is C16H24N2O4S. The molecule has 2 aliphatic rings. The van der Waals surface area contributed by atoms with Gasteiger partial charge in [-0.1, -0.05) is 24.3 Å². The standard InChI is InChI=1S/C16H24N2O4S/c1-21-10-7-16-13-22-11-9-18(16)23(19,20)17-8-6-14-4-2-3-5-15(14)12-17/h2-5,16H,6-13H2,1H3. The Hall–Kier alpha value is -0.990. The number of benzene rings is 1. The molecule has 6 nitrogen and oxygen atoms in total. The lowest BCUT2D eigenvalue weighted by Crippen LogP contribution is -2.54. The van der Waals surface area contributed by atoms with Gasteiger partial charge in [0.1, 0.15) is 0 Å². The predicted octanol–water partition coefficient (Wildman–Crippen LogP) is 1.03. The first kappa shape index (κ1) is 16.9. The number of morpholine rings is 1. The molecule has 0 radical (unpaired) electrons. The second-order valence-electron chi connectivity index (χ2n) is 5.98. The Morgan fingerprint density at radius 3 is 2.83 bits per heavy atom. The molecule has 2 heterocycles. The molecule has 2 aliphatic heterocycles. The van der Waals surface area contributed by atoms with E-state index in [1.807, 2.05) is 18.2 Å². The van der Waals surface area contributed by atoms with Gasteiger partial charge < -0.3 is 9.47 Å². The summed E-state index contributed by atoms with van der Waals surface area (Å²) in [7, 11) is -1.85. The largest absolute Gasteiger partial charge is 0.385 e. The molecule has 1 saturated heterocycles. The van der Waals surface area contributed by atoms with Crippen LogP contribution in [0.15, 0.2) is 24.3 Å². The van der Waals surface area contributed by atoms with Gasteiger partial charge in [-0.15, -0.1) is 0 Å². The topological polar surface area (TPSA) is 59.1 Å². The Labute approximate surface area is 138 Å². The highest BCUT2D eigenvalue weighted by molar-refractivity contribution is 7.86. The highest BCUT2D eigenvalue weighted by atomic mass is 32.2. The third-order valence-electron chi connectivity index (χ3n) is 4.55. The Kier molecular flexibility index (Phi) is 5.33. The van der Waals surface area contributed by atoms with Crippen molar-refractivity contribution in [1.82, 2.24) is 8.61 Å². The maximum absolute atomic E-state index is 13.1. The van der Waals surface area contributed by atoms with Crippen molar-refractivity contribution < 1.29 is 17.9 Å². The Balaban J connectivity index is 1.77. The van der Waals surface area contributed by atoms with Gasteiger partial charge in [0.05, 0.1) is 19.3 Å². The van der Waals surface area contributed by atoms with Crippen molar-refractivity contribution in [3.63, 3.8) is 0 Å². The summed E-state index contributed by atoms with van der Waals surface area (Å²) in [4.78, 5) is 0. The van der Waals surface area contributed by atoms with E-state index in [4.69, 9.17) is 9.47 Å². The zero-order valence-corrected chi connectivity index (χ0v) is 14.3. The molecule has 0 bridgehead atoms. The number of hydrogen-bond acceptors (Lipinski definition) is 4.